The molecule has 1 N–H and O–H groups in total. The largest absolute Gasteiger partial charge is 0.465 e. The first-order valence-corrected chi connectivity index (χ1v) is 10.1. The second-order valence-electron chi connectivity index (χ2n) is 6.34. The first-order chi connectivity index (χ1) is 11.9. The molecule has 0 bridgehead atoms. The minimum Gasteiger partial charge on any atom is -0.465 e. The van der Waals surface area contributed by atoms with E-state index in [1.165, 1.54) is 7.11 Å². The van der Waals surface area contributed by atoms with Crippen molar-refractivity contribution in [2.75, 3.05) is 53.4 Å². The fourth-order valence-corrected chi connectivity index (χ4v) is 3.92. The van der Waals surface area contributed by atoms with Crippen LogP contribution in [0.3, 0.4) is 0 Å². The van der Waals surface area contributed by atoms with E-state index < -0.39 is 16.0 Å². The Kier molecular flexibility index (Phi) is 7.37. The fraction of sp³-hybridized carbons (Fsp3) is 0.588. The van der Waals surface area contributed by atoms with Crippen molar-refractivity contribution in [3.8, 4) is 0 Å². The quantitative estimate of drug-likeness (QED) is 0.532. The van der Waals surface area contributed by atoms with Crippen LogP contribution in [-0.4, -0.2) is 77.6 Å². The standard InChI is InChI=1S/C17H27N3O4S/c1-19-10-12-20(13-11-19)9-3-8-18-25(22,23)14-15-4-6-16(7-5-15)17(21)24-2/h4-7,18H,3,8-14H2,1-2H3. The number of rotatable bonds is 8. The minimum absolute atomic E-state index is 0.0943. The van der Waals surface area contributed by atoms with Gasteiger partial charge in [0.2, 0.25) is 10.0 Å². The van der Waals surface area contributed by atoms with Crippen LogP contribution in [0.15, 0.2) is 24.3 Å². The molecule has 8 heteroatoms. The Morgan fingerprint density at radius 3 is 2.40 bits per heavy atom. The Balaban J connectivity index is 1.73. The van der Waals surface area contributed by atoms with Crippen LogP contribution in [0.2, 0.25) is 0 Å². The highest BCUT2D eigenvalue weighted by Crippen LogP contribution is 2.09. The molecule has 140 valence electrons. The molecule has 0 saturated carbocycles. The molecule has 0 aromatic heterocycles. The molecule has 25 heavy (non-hydrogen) atoms. The van der Waals surface area contributed by atoms with Crippen molar-refractivity contribution >= 4 is 16.0 Å². The monoisotopic (exact) mass is 369 g/mol. The van der Waals surface area contributed by atoms with E-state index >= 15 is 0 Å². The zero-order valence-electron chi connectivity index (χ0n) is 14.9. The van der Waals surface area contributed by atoms with Gasteiger partial charge in [-0.1, -0.05) is 12.1 Å². The van der Waals surface area contributed by atoms with E-state index in [2.05, 4.69) is 26.3 Å². The molecular formula is C17H27N3O4S. The summed E-state index contributed by atoms with van der Waals surface area (Å²) in [6.45, 7) is 5.55. The third kappa shape index (κ3) is 6.74. The Bertz CT molecular complexity index is 653. The van der Waals surface area contributed by atoms with Crippen LogP contribution < -0.4 is 4.72 Å². The van der Waals surface area contributed by atoms with Crippen molar-refractivity contribution in [3.63, 3.8) is 0 Å². The highest BCUT2D eigenvalue weighted by molar-refractivity contribution is 7.88. The molecule has 1 heterocycles. The molecule has 0 radical (unpaired) electrons. The summed E-state index contributed by atoms with van der Waals surface area (Å²) in [6.07, 6.45) is 0.796. The summed E-state index contributed by atoms with van der Waals surface area (Å²) < 4.78 is 31.6. The maximum Gasteiger partial charge on any atom is 0.337 e. The molecule has 1 aliphatic rings. The molecule has 1 saturated heterocycles. The molecular weight excluding hydrogens is 342 g/mol. The van der Waals surface area contributed by atoms with Gasteiger partial charge in [0.25, 0.3) is 0 Å². The van der Waals surface area contributed by atoms with Crippen LogP contribution >= 0.6 is 0 Å². The highest BCUT2D eigenvalue weighted by Gasteiger charge is 2.15. The zero-order valence-corrected chi connectivity index (χ0v) is 15.7. The van der Waals surface area contributed by atoms with Crippen LogP contribution in [0, 0.1) is 0 Å². The van der Waals surface area contributed by atoms with Crippen LogP contribution in [0.5, 0.6) is 0 Å². The van der Waals surface area contributed by atoms with Crippen molar-refractivity contribution in [1.29, 1.82) is 0 Å². The number of sulfonamides is 1. The van der Waals surface area contributed by atoms with E-state index in [4.69, 9.17) is 0 Å². The summed E-state index contributed by atoms with van der Waals surface area (Å²) >= 11 is 0. The van der Waals surface area contributed by atoms with E-state index in [0.717, 1.165) is 39.1 Å². The average Bonchev–Trinajstić information content (AvgIpc) is 2.60. The summed E-state index contributed by atoms with van der Waals surface area (Å²) in [5, 5.41) is 0. The normalized spacial score (nSPS) is 16.7. The molecule has 0 atom stereocenters. The number of ether oxygens (including phenoxy) is 1. The second-order valence-corrected chi connectivity index (χ2v) is 8.15. The van der Waals surface area contributed by atoms with Gasteiger partial charge in [0.05, 0.1) is 18.4 Å². The van der Waals surface area contributed by atoms with Crippen LogP contribution in [0.25, 0.3) is 0 Å². The molecule has 0 amide bonds. The SMILES string of the molecule is COC(=O)c1ccc(CS(=O)(=O)NCCCN2CCN(C)CC2)cc1. The van der Waals surface area contributed by atoms with Gasteiger partial charge in [-0.2, -0.15) is 0 Å². The van der Waals surface area contributed by atoms with E-state index in [-0.39, 0.29) is 5.75 Å². The highest BCUT2D eigenvalue weighted by atomic mass is 32.2. The van der Waals surface area contributed by atoms with Crippen molar-refractivity contribution in [2.45, 2.75) is 12.2 Å². The average molecular weight is 369 g/mol. The van der Waals surface area contributed by atoms with Crippen molar-refractivity contribution in [3.05, 3.63) is 35.4 Å². The fourth-order valence-electron chi connectivity index (χ4n) is 2.73. The number of likely N-dealkylation sites (N-methyl/N-ethyl adjacent to an activating group) is 1. The van der Waals surface area contributed by atoms with Gasteiger partial charge in [0, 0.05) is 32.7 Å². The van der Waals surface area contributed by atoms with Gasteiger partial charge in [-0.25, -0.2) is 17.9 Å². The second kappa shape index (κ2) is 9.28. The van der Waals surface area contributed by atoms with Gasteiger partial charge < -0.3 is 14.5 Å². The molecule has 0 unspecified atom stereocenters. The maximum atomic E-state index is 12.1. The molecule has 0 aliphatic carbocycles. The lowest BCUT2D eigenvalue weighted by Gasteiger charge is -2.32. The number of carbonyl (C=O) groups excluding carboxylic acids is 1. The summed E-state index contributed by atoms with van der Waals surface area (Å²) in [5.74, 6) is -0.528. The number of nitrogens with one attached hydrogen (secondary N) is 1. The van der Waals surface area contributed by atoms with Gasteiger partial charge >= 0.3 is 5.97 Å². The number of carbonyl (C=O) groups is 1. The predicted octanol–water partition coefficient (Wildman–Crippen LogP) is 0.530. The maximum absolute atomic E-state index is 12.1. The number of benzene rings is 1. The number of methoxy groups -OCH3 is 1. The Morgan fingerprint density at radius 2 is 1.80 bits per heavy atom. The predicted molar refractivity (Wildman–Crippen MR) is 97.0 cm³/mol. The molecule has 1 aliphatic heterocycles. The van der Waals surface area contributed by atoms with Gasteiger partial charge in [0.15, 0.2) is 0 Å². The Morgan fingerprint density at radius 1 is 1.16 bits per heavy atom. The van der Waals surface area contributed by atoms with Crippen molar-refractivity contribution < 1.29 is 17.9 Å². The smallest absolute Gasteiger partial charge is 0.337 e. The molecule has 0 spiro atoms. The number of hydrogen-bond acceptors (Lipinski definition) is 6. The van der Waals surface area contributed by atoms with Gasteiger partial charge in [-0.05, 0) is 37.7 Å². The molecule has 2 rings (SSSR count). The third-order valence-corrected chi connectivity index (χ3v) is 5.66. The summed E-state index contributed by atoms with van der Waals surface area (Å²) in [5.41, 5.74) is 1.04. The summed E-state index contributed by atoms with van der Waals surface area (Å²) in [7, 11) is 0.0486. The lowest BCUT2D eigenvalue weighted by atomic mass is 10.1. The topological polar surface area (TPSA) is 78.9 Å². The van der Waals surface area contributed by atoms with Gasteiger partial charge in [-0.15, -0.1) is 0 Å². The lowest BCUT2D eigenvalue weighted by Crippen LogP contribution is -2.45. The van der Waals surface area contributed by atoms with Crippen LogP contribution in [0.4, 0.5) is 0 Å². The van der Waals surface area contributed by atoms with E-state index in [0.29, 0.717) is 17.7 Å². The molecule has 7 nitrogen and oxygen atoms in total. The van der Waals surface area contributed by atoms with Gasteiger partial charge in [0.1, 0.15) is 0 Å². The molecule has 1 fully saturated rings. The molecule has 1 aromatic carbocycles. The molecule has 1 aromatic rings. The summed E-state index contributed by atoms with van der Waals surface area (Å²) in [6, 6.07) is 6.42. The summed E-state index contributed by atoms with van der Waals surface area (Å²) in [4.78, 5) is 16.0. The zero-order chi connectivity index (χ0) is 18.3. The van der Waals surface area contributed by atoms with Crippen LogP contribution in [-0.2, 0) is 20.5 Å². The van der Waals surface area contributed by atoms with Crippen molar-refractivity contribution in [2.24, 2.45) is 0 Å². The number of hydrogen-bond donors (Lipinski definition) is 1. The minimum atomic E-state index is -3.38. The van der Waals surface area contributed by atoms with Crippen molar-refractivity contribution in [1.82, 2.24) is 14.5 Å². The van der Waals surface area contributed by atoms with Gasteiger partial charge in [-0.3, -0.25) is 0 Å². The Labute approximate surface area is 150 Å². The number of esters is 1. The van der Waals surface area contributed by atoms with E-state index in [9.17, 15) is 13.2 Å². The first-order valence-electron chi connectivity index (χ1n) is 8.45. The van der Waals surface area contributed by atoms with E-state index in [1.807, 2.05) is 0 Å². The van der Waals surface area contributed by atoms with E-state index in [1.54, 1.807) is 24.3 Å². The Hall–Kier alpha value is -1.48. The number of nitrogens with zero attached hydrogens (tertiary/aromatic N) is 2. The number of piperazine rings is 1. The first kappa shape index (κ1) is 19.8. The third-order valence-electron chi connectivity index (χ3n) is 4.30. The van der Waals surface area contributed by atoms with Crippen LogP contribution in [0.1, 0.15) is 22.3 Å². The lowest BCUT2D eigenvalue weighted by molar-refractivity contribution is 0.0600.